The Kier molecular flexibility index (Phi) is 4.17. The lowest BCUT2D eigenvalue weighted by Gasteiger charge is -2.19. The summed E-state index contributed by atoms with van der Waals surface area (Å²) in [6, 6.07) is 9.10. The van der Waals surface area contributed by atoms with Gasteiger partial charge in [0.2, 0.25) is 0 Å². The van der Waals surface area contributed by atoms with Gasteiger partial charge in [0.1, 0.15) is 11.6 Å². The largest absolute Gasteiger partial charge is 0.309 e. The molecule has 1 unspecified atom stereocenters. The van der Waals surface area contributed by atoms with Gasteiger partial charge in [-0.1, -0.05) is 29.8 Å². The van der Waals surface area contributed by atoms with Gasteiger partial charge < -0.3 is 5.32 Å². The van der Waals surface area contributed by atoms with E-state index in [1.54, 1.807) is 38.2 Å². The van der Waals surface area contributed by atoms with E-state index in [1.165, 1.54) is 12.1 Å². The normalized spacial score (nSPS) is 12.5. The molecule has 0 spiro atoms. The summed E-state index contributed by atoms with van der Waals surface area (Å²) in [5.41, 5.74) is 1.15. The van der Waals surface area contributed by atoms with Crippen molar-refractivity contribution in [3.05, 3.63) is 69.7 Å². The van der Waals surface area contributed by atoms with Gasteiger partial charge in [0, 0.05) is 10.6 Å². The van der Waals surface area contributed by atoms with Crippen molar-refractivity contribution >= 4 is 11.6 Å². The van der Waals surface area contributed by atoms with Gasteiger partial charge in [-0.2, -0.15) is 0 Å². The summed E-state index contributed by atoms with van der Waals surface area (Å²) < 4.78 is 28.1. The van der Waals surface area contributed by atoms with Crippen LogP contribution in [0.4, 0.5) is 8.78 Å². The Balaban J connectivity index is 2.57. The molecular weight excluding hydrogens is 268 g/mol. The van der Waals surface area contributed by atoms with Crippen LogP contribution in [-0.4, -0.2) is 7.05 Å². The summed E-state index contributed by atoms with van der Waals surface area (Å²) in [6.45, 7) is 1.61. The molecule has 0 saturated heterocycles. The summed E-state index contributed by atoms with van der Waals surface area (Å²) >= 11 is 5.93. The van der Waals surface area contributed by atoms with Gasteiger partial charge in [0.15, 0.2) is 0 Å². The number of nitrogens with one attached hydrogen (secondary N) is 1. The SMILES string of the molecule is CNC(c1cccc(Cl)c1)c1c(F)ccc(C)c1F. The highest BCUT2D eigenvalue weighted by atomic mass is 35.5. The maximum atomic E-state index is 14.2. The lowest BCUT2D eigenvalue weighted by atomic mass is 9.96. The first kappa shape index (κ1) is 14.0. The third kappa shape index (κ3) is 2.77. The summed E-state index contributed by atoms with van der Waals surface area (Å²) in [5.74, 6) is -1.10. The zero-order chi connectivity index (χ0) is 14.0. The van der Waals surface area contributed by atoms with Crippen LogP contribution in [0.5, 0.6) is 0 Å². The first-order chi connectivity index (χ1) is 9.04. The van der Waals surface area contributed by atoms with Gasteiger partial charge in [-0.15, -0.1) is 0 Å². The second-order valence-electron chi connectivity index (χ2n) is 4.37. The molecule has 2 aromatic carbocycles. The Hall–Kier alpha value is -1.45. The first-order valence-corrected chi connectivity index (χ1v) is 6.29. The van der Waals surface area contributed by atoms with E-state index in [-0.39, 0.29) is 5.56 Å². The molecule has 1 N–H and O–H groups in total. The van der Waals surface area contributed by atoms with Crippen LogP contribution in [0, 0.1) is 18.6 Å². The number of rotatable bonds is 3. The van der Waals surface area contributed by atoms with Crippen molar-refractivity contribution < 1.29 is 8.78 Å². The van der Waals surface area contributed by atoms with Gasteiger partial charge in [0.05, 0.1) is 6.04 Å². The molecule has 0 amide bonds. The molecule has 0 bridgehead atoms. The van der Waals surface area contributed by atoms with E-state index in [0.29, 0.717) is 10.6 Å². The maximum Gasteiger partial charge on any atom is 0.134 e. The van der Waals surface area contributed by atoms with Crippen molar-refractivity contribution in [1.82, 2.24) is 5.32 Å². The second kappa shape index (κ2) is 5.68. The van der Waals surface area contributed by atoms with Gasteiger partial charge in [-0.25, -0.2) is 8.78 Å². The fourth-order valence-corrected chi connectivity index (χ4v) is 2.31. The number of aryl methyl sites for hydroxylation is 1. The molecule has 2 aromatic rings. The van der Waals surface area contributed by atoms with Gasteiger partial charge in [0.25, 0.3) is 0 Å². The van der Waals surface area contributed by atoms with Crippen LogP contribution in [0.25, 0.3) is 0 Å². The Bertz CT molecular complexity index is 599. The molecule has 1 nitrogen and oxygen atoms in total. The molecule has 0 fully saturated rings. The fraction of sp³-hybridized carbons (Fsp3) is 0.200. The molecule has 100 valence electrons. The quantitative estimate of drug-likeness (QED) is 0.887. The molecule has 0 saturated carbocycles. The molecule has 0 aliphatic carbocycles. The highest BCUT2D eigenvalue weighted by Crippen LogP contribution is 2.29. The topological polar surface area (TPSA) is 12.0 Å². The third-order valence-electron chi connectivity index (χ3n) is 3.08. The molecule has 19 heavy (non-hydrogen) atoms. The standard InChI is InChI=1S/C15H14ClF2N/c1-9-6-7-12(17)13(14(9)18)15(19-2)10-4-3-5-11(16)8-10/h3-8,15,19H,1-2H3. The van der Waals surface area contributed by atoms with Crippen molar-refractivity contribution in [3.63, 3.8) is 0 Å². The van der Waals surface area contributed by atoms with Crippen molar-refractivity contribution in [1.29, 1.82) is 0 Å². The average molecular weight is 282 g/mol. The Morgan fingerprint density at radius 2 is 1.89 bits per heavy atom. The molecule has 0 aliphatic heterocycles. The Labute approximate surface area is 116 Å². The predicted molar refractivity (Wildman–Crippen MR) is 73.4 cm³/mol. The summed E-state index contributed by atoms with van der Waals surface area (Å²) in [6.07, 6.45) is 0. The van der Waals surface area contributed by atoms with E-state index in [9.17, 15) is 8.78 Å². The van der Waals surface area contributed by atoms with Crippen LogP contribution >= 0.6 is 11.6 Å². The zero-order valence-corrected chi connectivity index (χ0v) is 11.4. The fourth-order valence-electron chi connectivity index (χ4n) is 2.11. The van der Waals surface area contributed by atoms with Crippen molar-refractivity contribution in [3.8, 4) is 0 Å². The van der Waals surface area contributed by atoms with Crippen LogP contribution in [-0.2, 0) is 0 Å². The molecule has 1 atom stereocenters. The number of halogens is 3. The van der Waals surface area contributed by atoms with Crippen LogP contribution in [0.3, 0.4) is 0 Å². The van der Waals surface area contributed by atoms with E-state index in [1.807, 2.05) is 0 Å². The summed E-state index contributed by atoms with van der Waals surface area (Å²) in [4.78, 5) is 0. The van der Waals surface area contributed by atoms with Gasteiger partial charge in [-0.3, -0.25) is 0 Å². The van der Waals surface area contributed by atoms with Crippen molar-refractivity contribution in [2.24, 2.45) is 0 Å². The first-order valence-electron chi connectivity index (χ1n) is 5.92. The van der Waals surface area contributed by atoms with Gasteiger partial charge in [-0.05, 0) is 43.3 Å². The number of hydrogen-bond acceptors (Lipinski definition) is 1. The lowest BCUT2D eigenvalue weighted by Crippen LogP contribution is -2.21. The Morgan fingerprint density at radius 3 is 2.53 bits per heavy atom. The Morgan fingerprint density at radius 1 is 1.16 bits per heavy atom. The molecule has 0 aromatic heterocycles. The smallest absolute Gasteiger partial charge is 0.134 e. The molecule has 4 heteroatoms. The van der Waals surface area contributed by atoms with Crippen molar-refractivity contribution in [2.45, 2.75) is 13.0 Å². The van der Waals surface area contributed by atoms with Crippen LogP contribution in [0.15, 0.2) is 36.4 Å². The molecule has 2 rings (SSSR count). The molecule has 0 heterocycles. The maximum absolute atomic E-state index is 14.2. The van der Waals surface area contributed by atoms with E-state index >= 15 is 0 Å². The molecule has 0 aliphatic rings. The van der Waals surface area contributed by atoms with Crippen molar-refractivity contribution in [2.75, 3.05) is 7.05 Å². The van der Waals surface area contributed by atoms with E-state index < -0.39 is 17.7 Å². The molecular formula is C15H14ClF2N. The highest BCUT2D eigenvalue weighted by Gasteiger charge is 2.21. The van der Waals surface area contributed by atoms with Gasteiger partial charge >= 0.3 is 0 Å². The minimum atomic E-state index is -0.571. The monoisotopic (exact) mass is 281 g/mol. The number of benzene rings is 2. The zero-order valence-electron chi connectivity index (χ0n) is 10.7. The van der Waals surface area contributed by atoms with E-state index in [2.05, 4.69) is 5.32 Å². The summed E-state index contributed by atoms with van der Waals surface area (Å²) in [7, 11) is 1.66. The number of hydrogen-bond donors (Lipinski definition) is 1. The van der Waals surface area contributed by atoms with Crippen LogP contribution in [0.1, 0.15) is 22.7 Å². The highest BCUT2D eigenvalue weighted by molar-refractivity contribution is 6.30. The van der Waals surface area contributed by atoms with E-state index in [4.69, 9.17) is 11.6 Å². The minimum absolute atomic E-state index is 0.0183. The third-order valence-corrected chi connectivity index (χ3v) is 3.31. The second-order valence-corrected chi connectivity index (χ2v) is 4.81. The van der Waals surface area contributed by atoms with E-state index in [0.717, 1.165) is 5.56 Å². The average Bonchev–Trinajstić information content (AvgIpc) is 2.39. The predicted octanol–water partition coefficient (Wildman–Crippen LogP) is 4.24. The lowest BCUT2D eigenvalue weighted by molar-refractivity contribution is 0.517. The van der Waals surface area contributed by atoms with Crippen LogP contribution < -0.4 is 5.32 Å². The molecule has 0 radical (unpaired) electrons. The summed E-state index contributed by atoms with van der Waals surface area (Å²) in [5, 5.41) is 3.47. The van der Waals surface area contributed by atoms with Crippen LogP contribution in [0.2, 0.25) is 5.02 Å². The minimum Gasteiger partial charge on any atom is -0.309 e.